The first kappa shape index (κ1) is 16.7. The van der Waals surface area contributed by atoms with Gasteiger partial charge >= 0.3 is 0 Å². The molecule has 0 saturated carbocycles. The predicted octanol–water partition coefficient (Wildman–Crippen LogP) is 4.44. The number of anilines is 2. The van der Waals surface area contributed by atoms with Gasteiger partial charge in [-0.3, -0.25) is 0 Å². The summed E-state index contributed by atoms with van der Waals surface area (Å²) in [5.41, 5.74) is 14.0. The number of hydrogen-bond donors (Lipinski definition) is 2. The maximum atomic E-state index is 6.16. The van der Waals surface area contributed by atoms with E-state index < -0.39 is 0 Å². The molecule has 25 heavy (non-hydrogen) atoms. The van der Waals surface area contributed by atoms with Gasteiger partial charge in [-0.15, -0.1) is 0 Å². The van der Waals surface area contributed by atoms with Crippen LogP contribution in [0.5, 0.6) is 11.5 Å². The summed E-state index contributed by atoms with van der Waals surface area (Å²) in [5, 5.41) is 0. The van der Waals surface area contributed by atoms with E-state index in [0.29, 0.717) is 6.61 Å². The van der Waals surface area contributed by atoms with E-state index in [1.807, 2.05) is 66.7 Å². The lowest BCUT2D eigenvalue weighted by atomic mass is 10.1. The van der Waals surface area contributed by atoms with Crippen LogP contribution in [0.4, 0.5) is 11.4 Å². The summed E-state index contributed by atoms with van der Waals surface area (Å²) in [6, 6.07) is 25.0. The monoisotopic (exact) mass is 334 g/mol. The number of ether oxygens (including phenoxy) is 2. The van der Waals surface area contributed by atoms with Gasteiger partial charge in [0.05, 0.1) is 6.61 Å². The fourth-order valence-electron chi connectivity index (χ4n) is 2.52. The molecule has 0 radical (unpaired) electrons. The van der Waals surface area contributed by atoms with Crippen molar-refractivity contribution in [2.45, 2.75) is 12.5 Å². The molecule has 3 rings (SSSR count). The highest BCUT2D eigenvalue weighted by atomic mass is 16.5. The van der Waals surface area contributed by atoms with Gasteiger partial charge in [-0.1, -0.05) is 30.3 Å². The molecule has 0 fully saturated rings. The third-order valence-corrected chi connectivity index (χ3v) is 3.86. The topological polar surface area (TPSA) is 70.5 Å². The van der Waals surface area contributed by atoms with Crippen molar-refractivity contribution >= 4 is 11.4 Å². The zero-order valence-corrected chi connectivity index (χ0v) is 14.0. The lowest BCUT2D eigenvalue weighted by Crippen LogP contribution is -2.12. The van der Waals surface area contributed by atoms with Crippen molar-refractivity contribution < 1.29 is 9.47 Å². The molecule has 0 saturated heterocycles. The molecule has 128 valence electrons. The minimum Gasteiger partial charge on any atom is -0.493 e. The Labute approximate surface area is 148 Å². The lowest BCUT2D eigenvalue weighted by molar-refractivity contribution is 0.163. The Morgan fingerprint density at radius 3 is 1.84 bits per heavy atom. The third kappa shape index (κ3) is 4.91. The van der Waals surface area contributed by atoms with Crippen LogP contribution in [0, 0.1) is 0 Å². The van der Waals surface area contributed by atoms with Gasteiger partial charge in [-0.05, 0) is 54.1 Å². The van der Waals surface area contributed by atoms with Crippen molar-refractivity contribution in [3.63, 3.8) is 0 Å². The zero-order valence-electron chi connectivity index (χ0n) is 14.0. The molecule has 4 heteroatoms. The Morgan fingerprint density at radius 2 is 1.24 bits per heavy atom. The van der Waals surface area contributed by atoms with Gasteiger partial charge in [0.2, 0.25) is 0 Å². The summed E-state index contributed by atoms with van der Waals surface area (Å²) >= 11 is 0. The lowest BCUT2D eigenvalue weighted by Gasteiger charge is -2.20. The summed E-state index contributed by atoms with van der Waals surface area (Å²) in [6.07, 6.45) is 0.622. The van der Waals surface area contributed by atoms with Gasteiger partial charge < -0.3 is 20.9 Å². The fraction of sp³-hybridized carbons (Fsp3) is 0.143. The smallest absolute Gasteiger partial charge is 0.127 e. The molecule has 1 unspecified atom stereocenters. The first-order chi connectivity index (χ1) is 12.2. The highest BCUT2D eigenvalue weighted by molar-refractivity contribution is 5.42. The number of rotatable bonds is 7. The zero-order chi connectivity index (χ0) is 17.5. The van der Waals surface area contributed by atoms with Crippen LogP contribution in [-0.4, -0.2) is 6.61 Å². The third-order valence-electron chi connectivity index (χ3n) is 3.86. The second-order valence-electron chi connectivity index (χ2n) is 5.79. The molecule has 0 aliphatic heterocycles. The molecule has 0 spiro atoms. The van der Waals surface area contributed by atoms with Gasteiger partial charge in [0.25, 0.3) is 0 Å². The van der Waals surface area contributed by atoms with Gasteiger partial charge in [-0.2, -0.15) is 0 Å². The maximum absolute atomic E-state index is 6.16. The van der Waals surface area contributed by atoms with E-state index in [1.54, 1.807) is 0 Å². The van der Waals surface area contributed by atoms with Crippen LogP contribution >= 0.6 is 0 Å². The maximum Gasteiger partial charge on any atom is 0.127 e. The molecule has 0 bridgehead atoms. The molecule has 4 N–H and O–H groups in total. The van der Waals surface area contributed by atoms with Crippen LogP contribution in [0.15, 0.2) is 78.9 Å². The molecule has 0 amide bonds. The number of nitrogens with two attached hydrogens (primary N) is 2. The van der Waals surface area contributed by atoms with Crippen LogP contribution < -0.4 is 20.9 Å². The Morgan fingerprint density at radius 1 is 0.680 bits per heavy atom. The van der Waals surface area contributed by atoms with Gasteiger partial charge in [0.1, 0.15) is 17.6 Å². The second-order valence-corrected chi connectivity index (χ2v) is 5.79. The molecule has 0 heterocycles. The molecule has 0 aliphatic rings. The van der Waals surface area contributed by atoms with E-state index in [-0.39, 0.29) is 6.10 Å². The van der Waals surface area contributed by atoms with E-state index in [2.05, 4.69) is 12.1 Å². The first-order valence-electron chi connectivity index (χ1n) is 8.26. The summed E-state index contributed by atoms with van der Waals surface area (Å²) < 4.78 is 12.0. The Bertz CT molecular complexity index is 771. The van der Waals surface area contributed by atoms with Gasteiger partial charge in [0, 0.05) is 17.8 Å². The van der Waals surface area contributed by atoms with Crippen LogP contribution in [0.2, 0.25) is 0 Å². The Hall–Kier alpha value is -3.14. The molecule has 1 atom stereocenters. The van der Waals surface area contributed by atoms with E-state index in [4.69, 9.17) is 20.9 Å². The molecule has 3 aromatic rings. The molecule has 0 aliphatic carbocycles. The quantitative estimate of drug-likeness (QED) is 0.627. The van der Waals surface area contributed by atoms with Gasteiger partial charge in [-0.25, -0.2) is 0 Å². The minimum atomic E-state index is -0.0985. The Kier molecular flexibility index (Phi) is 5.42. The van der Waals surface area contributed by atoms with E-state index in [9.17, 15) is 0 Å². The predicted molar refractivity (Wildman–Crippen MR) is 102 cm³/mol. The van der Waals surface area contributed by atoms with Crippen molar-refractivity contribution in [2.75, 3.05) is 18.1 Å². The van der Waals surface area contributed by atoms with Crippen LogP contribution in [0.3, 0.4) is 0 Å². The fourth-order valence-corrected chi connectivity index (χ4v) is 2.52. The molecule has 3 aromatic carbocycles. The normalized spacial score (nSPS) is 11.7. The van der Waals surface area contributed by atoms with Crippen molar-refractivity contribution in [3.8, 4) is 11.5 Å². The van der Waals surface area contributed by atoms with Gasteiger partial charge in [0.15, 0.2) is 0 Å². The standard InChI is InChI=1S/C21H22N2O2/c22-17-6-10-19(11-7-17)24-15-14-21(16-4-2-1-3-5-16)25-20-12-8-18(23)9-13-20/h1-13,21H,14-15,22-23H2. The first-order valence-corrected chi connectivity index (χ1v) is 8.26. The summed E-state index contributed by atoms with van der Waals surface area (Å²) in [4.78, 5) is 0. The SMILES string of the molecule is Nc1ccc(OCCC(Oc2ccc(N)cc2)c2ccccc2)cc1. The second kappa shape index (κ2) is 8.11. The van der Waals surface area contributed by atoms with Crippen molar-refractivity contribution in [2.24, 2.45) is 0 Å². The average Bonchev–Trinajstić information content (AvgIpc) is 2.65. The van der Waals surface area contributed by atoms with Crippen molar-refractivity contribution in [1.29, 1.82) is 0 Å². The summed E-state index contributed by atoms with van der Waals surface area (Å²) in [7, 11) is 0. The highest BCUT2D eigenvalue weighted by Crippen LogP contribution is 2.26. The van der Waals surface area contributed by atoms with Crippen LogP contribution in [0.25, 0.3) is 0 Å². The van der Waals surface area contributed by atoms with E-state index in [0.717, 1.165) is 34.9 Å². The summed E-state index contributed by atoms with van der Waals surface area (Å²) in [6.45, 7) is 0.540. The molecule has 4 nitrogen and oxygen atoms in total. The molecule has 0 aromatic heterocycles. The Balaban J connectivity index is 1.66. The molecular weight excluding hydrogens is 312 g/mol. The van der Waals surface area contributed by atoms with E-state index >= 15 is 0 Å². The number of nitrogen functional groups attached to an aromatic ring is 2. The van der Waals surface area contributed by atoms with Crippen LogP contribution in [-0.2, 0) is 0 Å². The van der Waals surface area contributed by atoms with Crippen molar-refractivity contribution in [1.82, 2.24) is 0 Å². The minimum absolute atomic E-state index is 0.0985. The summed E-state index contributed by atoms with van der Waals surface area (Å²) in [5.74, 6) is 1.59. The average molecular weight is 334 g/mol. The van der Waals surface area contributed by atoms with Crippen LogP contribution in [0.1, 0.15) is 18.1 Å². The number of hydrogen-bond acceptors (Lipinski definition) is 4. The largest absolute Gasteiger partial charge is 0.493 e. The van der Waals surface area contributed by atoms with E-state index in [1.165, 1.54) is 0 Å². The number of benzene rings is 3. The highest BCUT2D eigenvalue weighted by Gasteiger charge is 2.13. The van der Waals surface area contributed by atoms with Crippen molar-refractivity contribution in [3.05, 3.63) is 84.4 Å². The molecular formula is C21H22N2O2.